The molecule has 18 heavy (non-hydrogen) atoms. The number of nitrogens with two attached hydrogens (primary N) is 1. The van der Waals surface area contributed by atoms with Crippen LogP contribution < -0.4 is 5.73 Å². The van der Waals surface area contributed by atoms with E-state index in [0.717, 1.165) is 4.88 Å². The number of hydrogen-bond donors (Lipinski definition) is 1. The molecule has 0 radical (unpaired) electrons. The highest BCUT2D eigenvalue weighted by atomic mass is 32.1. The van der Waals surface area contributed by atoms with Crippen LogP contribution in [-0.4, -0.2) is 10.5 Å². The number of carbonyl (C=O) groups excluding carboxylic acids is 1. The summed E-state index contributed by atoms with van der Waals surface area (Å²) < 4.78 is 7.10. The zero-order valence-corrected chi connectivity index (χ0v) is 11.2. The van der Waals surface area contributed by atoms with Gasteiger partial charge in [0.25, 0.3) is 0 Å². The first-order valence-electron chi connectivity index (χ1n) is 5.75. The maximum absolute atomic E-state index is 12.0. The van der Waals surface area contributed by atoms with Crippen molar-refractivity contribution in [1.82, 2.24) is 4.57 Å². The van der Waals surface area contributed by atoms with Crippen LogP contribution in [0.15, 0.2) is 29.8 Å². The van der Waals surface area contributed by atoms with Crippen LogP contribution in [0.3, 0.4) is 0 Å². The molecule has 2 aromatic rings. The minimum atomic E-state index is -0.339. The zero-order valence-electron chi connectivity index (χ0n) is 10.4. The normalized spacial score (nSPS) is 10.8. The average Bonchev–Trinajstić information content (AvgIpc) is 2.94. The van der Waals surface area contributed by atoms with Crippen molar-refractivity contribution >= 4 is 23.0 Å². The summed E-state index contributed by atoms with van der Waals surface area (Å²) in [5, 5.41) is 1.96. The summed E-state index contributed by atoms with van der Waals surface area (Å²) in [5.41, 5.74) is 6.79. The van der Waals surface area contributed by atoms with E-state index in [2.05, 4.69) is 0 Å². The molecule has 0 spiro atoms. The molecule has 2 rings (SSSR count). The molecule has 2 aromatic heterocycles. The number of nitrogen functional groups attached to an aromatic ring is 1. The lowest BCUT2D eigenvalue weighted by atomic mass is 10.3. The van der Waals surface area contributed by atoms with E-state index in [0.29, 0.717) is 18.0 Å². The molecule has 0 aromatic carbocycles. The van der Waals surface area contributed by atoms with Gasteiger partial charge in [-0.1, -0.05) is 6.07 Å². The second-order valence-electron chi connectivity index (χ2n) is 4.32. The van der Waals surface area contributed by atoms with Crippen molar-refractivity contribution in [3.63, 3.8) is 0 Å². The summed E-state index contributed by atoms with van der Waals surface area (Å²) in [5.74, 6) is -0.339. The highest BCUT2D eigenvalue weighted by molar-refractivity contribution is 7.09. The number of thiophene rings is 1. The van der Waals surface area contributed by atoms with Gasteiger partial charge in [0, 0.05) is 17.1 Å². The third kappa shape index (κ3) is 2.73. The Hall–Kier alpha value is -1.75. The Morgan fingerprint density at radius 3 is 2.94 bits per heavy atom. The van der Waals surface area contributed by atoms with E-state index in [9.17, 15) is 4.79 Å². The number of esters is 1. The fourth-order valence-corrected chi connectivity index (χ4v) is 2.31. The SMILES string of the molecule is CC(C)n1cc(N)cc1C(=O)OCc1cccs1. The molecule has 0 fully saturated rings. The smallest absolute Gasteiger partial charge is 0.355 e. The summed E-state index contributed by atoms with van der Waals surface area (Å²) >= 11 is 1.57. The Balaban J connectivity index is 2.09. The van der Waals surface area contributed by atoms with Crippen molar-refractivity contribution in [2.75, 3.05) is 5.73 Å². The van der Waals surface area contributed by atoms with Crippen molar-refractivity contribution in [2.45, 2.75) is 26.5 Å². The van der Waals surface area contributed by atoms with Gasteiger partial charge in [0.2, 0.25) is 0 Å². The van der Waals surface area contributed by atoms with E-state index >= 15 is 0 Å². The first kappa shape index (κ1) is 12.7. The van der Waals surface area contributed by atoms with Crippen LogP contribution in [0.25, 0.3) is 0 Å². The molecule has 2 heterocycles. The van der Waals surface area contributed by atoms with Gasteiger partial charge in [-0.25, -0.2) is 4.79 Å². The second kappa shape index (κ2) is 5.27. The molecule has 5 heteroatoms. The molecule has 96 valence electrons. The van der Waals surface area contributed by atoms with Gasteiger partial charge in [-0.15, -0.1) is 11.3 Å². The van der Waals surface area contributed by atoms with E-state index in [1.807, 2.05) is 35.9 Å². The molecule has 0 aliphatic heterocycles. The molecule has 0 bridgehead atoms. The molecule has 0 amide bonds. The third-order valence-electron chi connectivity index (χ3n) is 2.56. The van der Waals surface area contributed by atoms with Crippen molar-refractivity contribution in [2.24, 2.45) is 0 Å². The predicted molar refractivity (Wildman–Crippen MR) is 72.7 cm³/mol. The van der Waals surface area contributed by atoms with Gasteiger partial charge in [0.15, 0.2) is 0 Å². The van der Waals surface area contributed by atoms with Gasteiger partial charge in [-0.05, 0) is 31.4 Å². The van der Waals surface area contributed by atoms with Crippen molar-refractivity contribution in [1.29, 1.82) is 0 Å². The average molecular weight is 264 g/mol. The molecular formula is C13H16N2O2S. The van der Waals surface area contributed by atoms with E-state index < -0.39 is 0 Å². The maximum atomic E-state index is 12.0. The Bertz CT molecular complexity index is 529. The first-order chi connectivity index (χ1) is 8.58. The second-order valence-corrected chi connectivity index (χ2v) is 5.35. The molecular weight excluding hydrogens is 248 g/mol. The van der Waals surface area contributed by atoms with Gasteiger partial charge in [-0.3, -0.25) is 0 Å². The first-order valence-corrected chi connectivity index (χ1v) is 6.62. The fraction of sp³-hybridized carbons (Fsp3) is 0.308. The van der Waals surface area contributed by atoms with Gasteiger partial charge in [0.05, 0.1) is 5.69 Å². The van der Waals surface area contributed by atoms with Crippen LogP contribution in [-0.2, 0) is 11.3 Å². The number of nitrogens with zero attached hydrogens (tertiary/aromatic N) is 1. The van der Waals surface area contributed by atoms with Crippen LogP contribution in [0, 0.1) is 0 Å². The Kier molecular flexibility index (Phi) is 3.72. The van der Waals surface area contributed by atoms with Crippen molar-refractivity contribution in [3.05, 3.63) is 40.3 Å². The van der Waals surface area contributed by atoms with Crippen LogP contribution >= 0.6 is 11.3 Å². The van der Waals surface area contributed by atoms with E-state index in [1.54, 1.807) is 23.6 Å². The maximum Gasteiger partial charge on any atom is 0.355 e. The number of carbonyl (C=O) groups is 1. The minimum Gasteiger partial charge on any atom is -0.455 e. The monoisotopic (exact) mass is 264 g/mol. The van der Waals surface area contributed by atoms with Crippen molar-refractivity contribution < 1.29 is 9.53 Å². The van der Waals surface area contributed by atoms with Crippen molar-refractivity contribution in [3.8, 4) is 0 Å². The Labute approximate surface area is 110 Å². The number of ether oxygens (including phenoxy) is 1. The number of anilines is 1. The summed E-state index contributed by atoms with van der Waals surface area (Å²) in [6, 6.07) is 5.69. The molecule has 0 unspecified atom stereocenters. The van der Waals surface area contributed by atoms with E-state index in [-0.39, 0.29) is 12.0 Å². The lowest BCUT2D eigenvalue weighted by molar-refractivity contribution is 0.0462. The van der Waals surface area contributed by atoms with E-state index in [4.69, 9.17) is 10.5 Å². The Morgan fingerprint density at radius 2 is 2.33 bits per heavy atom. The molecule has 4 nitrogen and oxygen atoms in total. The molecule has 2 N–H and O–H groups in total. The standard InChI is InChI=1S/C13H16N2O2S/c1-9(2)15-7-10(14)6-12(15)13(16)17-8-11-4-3-5-18-11/h3-7,9H,8,14H2,1-2H3. The summed E-state index contributed by atoms with van der Waals surface area (Å²) in [7, 11) is 0. The summed E-state index contributed by atoms with van der Waals surface area (Å²) in [4.78, 5) is 13.0. The zero-order chi connectivity index (χ0) is 13.1. The van der Waals surface area contributed by atoms with Gasteiger partial charge in [-0.2, -0.15) is 0 Å². The summed E-state index contributed by atoms with van der Waals surface area (Å²) in [6.07, 6.45) is 1.76. The summed E-state index contributed by atoms with van der Waals surface area (Å²) in [6.45, 7) is 4.30. The molecule has 0 aliphatic carbocycles. The molecule has 0 aliphatic rings. The molecule has 0 saturated heterocycles. The Morgan fingerprint density at radius 1 is 1.56 bits per heavy atom. The number of rotatable bonds is 4. The van der Waals surface area contributed by atoms with Crippen LogP contribution in [0.5, 0.6) is 0 Å². The number of aromatic nitrogens is 1. The quantitative estimate of drug-likeness (QED) is 0.863. The highest BCUT2D eigenvalue weighted by Crippen LogP contribution is 2.18. The fourth-order valence-electron chi connectivity index (χ4n) is 1.70. The van der Waals surface area contributed by atoms with Gasteiger partial charge >= 0.3 is 5.97 Å². The largest absolute Gasteiger partial charge is 0.455 e. The molecule has 0 atom stereocenters. The minimum absolute atomic E-state index is 0.173. The number of hydrogen-bond acceptors (Lipinski definition) is 4. The highest BCUT2D eigenvalue weighted by Gasteiger charge is 2.16. The van der Waals surface area contributed by atoms with Gasteiger partial charge in [0.1, 0.15) is 12.3 Å². The lowest BCUT2D eigenvalue weighted by Crippen LogP contribution is -2.12. The van der Waals surface area contributed by atoms with Crippen LogP contribution in [0.4, 0.5) is 5.69 Å². The topological polar surface area (TPSA) is 57.2 Å². The third-order valence-corrected chi connectivity index (χ3v) is 3.41. The van der Waals surface area contributed by atoms with Gasteiger partial charge < -0.3 is 15.0 Å². The van der Waals surface area contributed by atoms with Crippen LogP contribution in [0.1, 0.15) is 35.3 Å². The van der Waals surface area contributed by atoms with Crippen LogP contribution in [0.2, 0.25) is 0 Å². The molecule has 0 saturated carbocycles. The predicted octanol–water partition coefficient (Wildman–Crippen LogP) is 3.07. The van der Waals surface area contributed by atoms with E-state index in [1.165, 1.54) is 0 Å². The lowest BCUT2D eigenvalue weighted by Gasteiger charge is -2.11.